The molecule has 2 atom stereocenters. The Bertz CT molecular complexity index is 1180. The van der Waals surface area contributed by atoms with Crippen molar-refractivity contribution in [2.75, 3.05) is 11.9 Å². The highest BCUT2D eigenvalue weighted by molar-refractivity contribution is 9.10. The standard InChI is InChI=1S/C26H26BrN/c1-15-13-23-22(14-24-25(26(23)27)16(2)17(3)28(24)4)20(15)12-11-19-10-9-18-7-5-6-8-21(18)19/h5-10,13-14,17,19H,11-12H2,1-4H3. The first-order chi connectivity index (χ1) is 13.5. The van der Waals surface area contributed by atoms with Gasteiger partial charge in [0.25, 0.3) is 0 Å². The lowest BCUT2D eigenvalue weighted by atomic mass is 9.92. The first-order valence-electron chi connectivity index (χ1n) is 10.2. The van der Waals surface area contributed by atoms with Crippen LogP contribution in [0.25, 0.3) is 23.3 Å². The second-order valence-corrected chi connectivity index (χ2v) is 9.25. The highest BCUT2D eigenvalue weighted by atomic mass is 79.9. The summed E-state index contributed by atoms with van der Waals surface area (Å²) < 4.78 is 1.27. The molecule has 2 heteroatoms. The average molecular weight is 432 g/mol. The second kappa shape index (κ2) is 6.49. The maximum absolute atomic E-state index is 3.96. The van der Waals surface area contributed by atoms with Crippen molar-refractivity contribution in [1.82, 2.24) is 0 Å². The van der Waals surface area contributed by atoms with Crippen LogP contribution in [-0.4, -0.2) is 13.1 Å². The van der Waals surface area contributed by atoms with E-state index in [1.54, 1.807) is 0 Å². The minimum absolute atomic E-state index is 0.461. The van der Waals surface area contributed by atoms with Crippen LogP contribution in [0.4, 0.5) is 5.69 Å². The predicted molar refractivity (Wildman–Crippen MR) is 125 cm³/mol. The van der Waals surface area contributed by atoms with E-state index in [2.05, 4.69) is 97.2 Å². The number of hydrogen-bond donors (Lipinski definition) is 0. The second-order valence-electron chi connectivity index (χ2n) is 8.45. The van der Waals surface area contributed by atoms with Crippen molar-refractivity contribution in [2.24, 2.45) is 0 Å². The number of nitrogens with zero attached hydrogens (tertiary/aromatic N) is 1. The van der Waals surface area contributed by atoms with Crippen molar-refractivity contribution in [2.45, 2.75) is 45.6 Å². The third-order valence-corrected chi connectivity index (χ3v) is 7.86. The molecule has 1 heterocycles. The Morgan fingerprint density at radius 2 is 1.93 bits per heavy atom. The molecule has 0 bridgehead atoms. The number of halogens is 1. The van der Waals surface area contributed by atoms with Crippen molar-refractivity contribution in [1.29, 1.82) is 0 Å². The molecule has 2 unspecified atom stereocenters. The summed E-state index contributed by atoms with van der Waals surface area (Å²) in [5.74, 6) is 0.539. The fourth-order valence-corrected chi connectivity index (χ4v) is 5.97. The highest BCUT2D eigenvalue weighted by Crippen LogP contribution is 2.37. The number of benzene rings is 2. The monoisotopic (exact) mass is 431 g/mol. The normalized spacial score (nSPS) is 21.9. The highest BCUT2D eigenvalue weighted by Gasteiger charge is 2.27. The summed E-state index contributed by atoms with van der Waals surface area (Å²) in [5, 5.41) is 2.82. The number of allylic oxidation sites excluding steroid dienone is 2. The molecule has 5 rings (SSSR count). The zero-order chi connectivity index (χ0) is 19.6. The van der Waals surface area contributed by atoms with Gasteiger partial charge in [0.1, 0.15) is 0 Å². The fraction of sp³-hybridized carbons (Fsp3) is 0.308. The topological polar surface area (TPSA) is 3.24 Å². The fourth-order valence-electron chi connectivity index (χ4n) is 5.13. The smallest absolute Gasteiger partial charge is 0.0478 e. The Hall–Kier alpha value is -2.06. The molecule has 0 saturated carbocycles. The molecule has 0 fully saturated rings. The molecule has 0 saturated heterocycles. The molecule has 0 amide bonds. The van der Waals surface area contributed by atoms with Gasteiger partial charge in [-0.1, -0.05) is 36.4 Å². The van der Waals surface area contributed by atoms with Gasteiger partial charge in [-0.3, -0.25) is 0 Å². The summed E-state index contributed by atoms with van der Waals surface area (Å²) in [5.41, 5.74) is 10.00. The average Bonchev–Trinajstić information content (AvgIpc) is 3.31. The van der Waals surface area contributed by atoms with Crippen molar-refractivity contribution < 1.29 is 0 Å². The molecule has 2 aromatic rings. The maximum Gasteiger partial charge on any atom is 0.0478 e. The number of anilines is 1. The molecule has 3 aliphatic rings. The van der Waals surface area contributed by atoms with Crippen LogP contribution in [0.1, 0.15) is 56.2 Å². The third kappa shape index (κ3) is 2.50. The summed E-state index contributed by atoms with van der Waals surface area (Å²) in [6.45, 7) is 6.83. The van der Waals surface area contributed by atoms with Gasteiger partial charge in [0.2, 0.25) is 0 Å². The van der Waals surface area contributed by atoms with Gasteiger partial charge in [-0.05, 0) is 100 Å². The van der Waals surface area contributed by atoms with Gasteiger partial charge < -0.3 is 4.90 Å². The zero-order valence-electron chi connectivity index (χ0n) is 17.0. The molecule has 28 heavy (non-hydrogen) atoms. The van der Waals surface area contributed by atoms with Crippen molar-refractivity contribution in [3.05, 3.63) is 73.6 Å². The third-order valence-electron chi connectivity index (χ3n) is 7.04. The quantitative estimate of drug-likeness (QED) is 0.609. The largest absolute Gasteiger partial charge is 0.368 e. The van der Waals surface area contributed by atoms with Gasteiger partial charge in [0.15, 0.2) is 0 Å². The lowest BCUT2D eigenvalue weighted by Gasteiger charge is -2.21. The van der Waals surface area contributed by atoms with Gasteiger partial charge in [-0.25, -0.2) is 0 Å². The summed E-state index contributed by atoms with van der Waals surface area (Å²) in [6, 6.07) is 11.7. The van der Waals surface area contributed by atoms with E-state index in [9.17, 15) is 0 Å². The van der Waals surface area contributed by atoms with E-state index < -0.39 is 0 Å². The minimum atomic E-state index is 0.461. The lowest BCUT2D eigenvalue weighted by molar-refractivity contribution is 0.767. The molecule has 2 aliphatic carbocycles. The summed E-state index contributed by atoms with van der Waals surface area (Å²) >= 11 is 3.96. The van der Waals surface area contributed by atoms with E-state index in [-0.39, 0.29) is 0 Å². The van der Waals surface area contributed by atoms with Crippen molar-refractivity contribution in [3.63, 3.8) is 0 Å². The predicted octanol–water partition coefficient (Wildman–Crippen LogP) is 5.62. The van der Waals surface area contributed by atoms with E-state index in [0.29, 0.717) is 12.0 Å². The summed E-state index contributed by atoms with van der Waals surface area (Å²) in [6.07, 6.45) is 9.33. The van der Waals surface area contributed by atoms with Crippen LogP contribution in [0.15, 0.2) is 46.5 Å². The number of fused-ring (bicyclic) bond motifs is 3. The van der Waals surface area contributed by atoms with Gasteiger partial charge in [-0.15, -0.1) is 0 Å². The number of rotatable bonds is 3. The maximum atomic E-state index is 3.96. The minimum Gasteiger partial charge on any atom is -0.368 e. The molecule has 0 spiro atoms. The van der Waals surface area contributed by atoms with Crippen LogP contribution in [-0.2, 0) is 0 Å². The molecular weight excluding hydrogens is 406 g/mol. The lowest BCUT2D eigenvalue weighted by Crippen LogP contribution is -2.26. The van der Waals surface area contributed by atoms with Crippen molar-refractivity contribution >= 4 is 44.9 Å². The molecule has 0 aromatic heterocycles. The van der Waals surface area contributed by atoms with Crippen molar-refractivity contribution in [3.8, 4) is 0 Å². The van der Waals surface area contributed by atoms with Crippen LogP contribution in [0.5, 0.6) is 0 Å². The Balaban J connectivity index is 1.55. The molecule has 142 valence electrons. The molecule has 1 aliphatic heterocycles. The Labute approximate surface area is 175 Å². The summed E-state index contributed by atoms with van der Waals surface area (Å²) in [4.78, 5) is 2.41. The molecule has 0 radical (unpaired) electrons. The van der Waals surface area contributed by atoms with Gasteiger partial charge >= 0.3 is 0 Å². The Morgan fingerprint density at radius 1 is 1.14 bits per heavy atom. The van der Waals surface area contributed by atoms with Gasteiger partial charge in [-0.2, -0.15) is 0 Å². The van der Waals surface area contributed by atoms with Crippen LogP contribution >= 0.6 is 15.9 Å². The first-order valence-corrected chi connectivity index (χ1v) is 11.0. The molecule has 2 aromatic carbocycles. The zero-order valence-corrected chi connectivity index (χ0v) is 18.6. The van der Waals surface area contributed by atoms with E-state index in [4.69, 9.17) is 0 Å². The molecule has 0 N–H and O–H groups in total. The van der Waals surface area contributed by atoms with Crippen LogP contribution in [0, 0.1) is 0 Å². The van der Waals surface area contributed by atoms with E-state index in [1.165, 1.54) is 60.4 Å². The molecule has 1 nitrogen and oxygen atoms in total. The Kier molecular flexibility index (Phi) is 4.17. The summed E-state index contributed by atoms with van der Waals surface area (Å²) in [7, 11) is 2.22. The van der Waals surface area contributed by atoms with E-state index >= 15 is 0 Å². The Morgan fingerprint density at radius 3 is 2.75 bits per heavy atom. The SMILES string of the molecule is CC1=Cc2c(Br)c3c(cc2=C1CCC1C=Cc2ccccc21)N(C)C(C)C=3C. The first kappa shape index (κ1) is 18.0. The number of hydrogen-bond acceptors (Lipinski definition) is 1. The molecular formula is C26H26BrN. The van der Waals surface area contributed by atoms with Crippen LogP contribution in [0.2, 0.25) is 0 Å². The van der Waals surface area contributed by atoms with Crippen LogP contribution in [0.3, 0.4) is 0 Å². The van der Waals surface area contributed by atoms with Crippen LogP contribution < -0.4 is 15.3 Å². The van der Waals surface area contributed by atoms with Gasteiger partial charge in [0, 0.05) is 34.4 Å². The van der Waals surface area contributed by atoms with E-state index in [1.807, 2.05) is 0 Å². The van der Waals surface area contributed by atoms with E-state index in [0.717, 1.165) is 6.42 Å². The van der Waals surface area contributed by atoms with Gasteiger partial charge in [0.05, 0.1) is 0 Å².